The highest BCUT2D eigenvalue weighted by Gasteiger charge is 2.55. The number of anilines is 1. The Hall–Kier alpha value is -3.98. The molecular weight excluding hydrogens is 534 g/mol. The first-order valence-corrected chi connectivity index (χ1v) is 13.5. The molecule has 13 nitrogen and oxygen atoms in total. The van der Waals surface area contributed by atoms with Crippen LogP contribution in [0.3, 0.4) is 0 Å². The minimum Gasteiger partial charge on any atom is -0.477 e. The number of pyridine rings is 1. The van der Waals surface area contributed by atoms with Crippen molar-refractivity contribution in [2.45, 2.75) is 37.2 Å². The predicted octanol–water partition coefficient (Wildman–Crippen LogP) is -0.610. The molecule has 0 spiro atoms. The molecule has 1 fully saturated rings. The molecule has 6 N–H and O–H groups in total. The second-order valence-corrected chi connectivity index (χ2v) is 10.8. The van der Waals surface area contributed by atoms with Crippen molar-refractivity contribution in [2.75, 3.05) is 18.6 Å². The first-order valence-electron chi connectivity index (χ1n) is 11.6. The molecule has 0 aromatic carbocycles. The third-order valence-corrected chi connectivity index (χ3v) is 8.62. The number of carbonyl (C=O) groups is 4. The Bertz CT molecular complexity index is 1440. The van der Waals surface area contributed by atoms with Crippen molar-refractivity contribution in [3.8, 4) is 0 Å². The molecule has 1 aliphatic carbocycles. The summed E-state index contributed by atoms with van der Waals surface area (Å²) in [6.07, 6.45) is 4.07. The Labute approximate surface area is 224 Å². The van der Waals surface area contributed by atoms with Gasteiger partial charge in [0.2, 0.25) is 5.91 Å². The number of β-lactam (4-membered cyclic amide) rings is 1. The lowest BCUT2D eigenvalue weighted by Crippen LogP contribution is -2.71. The van der Waals surface area contributed by atoms with Crippen LogP contribution < -0.4 is 21.4 Å². The second kappa shape index (κ2) is 10.1. The number of thiazole rings is 1. The number of hydrogen-bond donors (Lipinski definition) is 4. The highest BCUT2D eigenvalue weighted by molar-refractivity contribution is 8.00. The number of aromatic nitrogens is 2. The summed E-state index contributed by atoms with van der Waals surface area (Å²) in [7, 11) is 1.27. The van der Waals surface area contributed by atoms with Gasteiger partial charge >= 0.3 is 5.97 Å². The number of fused-ring (bicyclic) bond motifs is 2. The van der Waals surface area contributed by atoms with E-state index in [1.54, 1.807) is 17.6 Å². The average Bonchev–Trinajstić information content (AvgIpc) is 3.54. The van der Waals surface area contributed by atoms with Gasteiger partial charge in [-0.1, -0.05) is 5.16 Å². The van der Waals surface area contributed by atoms with E-state index in [-0.39, 0.29) is 28.8 Å². The molecule has 2 atom stereocenters. The number of amides is 3. The molecule has 2 aliphatic heterocycles. The first-order chi connectivity index (χ1) is 18.2. The summed E-state index contributed by atoms with van der Waals surface area (Å²) >= 11 is 2.48. The van der Waals surface area contributed by atoms with Gasteiger partial charge < -0.3 is 26.7 Å². The van der Waals surface area contributed by atoms with Gasteiger partial charge in [0.05, 0.1) is 5.56 Å². The number of nitrogen functional groups attached to an aromatic ring is 1. The largest absolute Gasteiger partial charge is 0.477 e. The fourth-order valence-corrected chi connectivity index (χ4v) is 6.86. The predicted molar refractivity (Wildman–Crippen MR) is 137 cm³/mol. The standard InChI is InChI=1S/C23H23N7O6S2/c1-36-28-15(13-9-38-23(25)26-13)19(32)27-16-20(33)30-17(22(34)35)10(8-37-21(16)30)7-29-6-5-12(18(24)31)11-3-2-4-14(11)29/h5-6,9,16,21H,2-4,7-8H2,1H3,(H5-,24,25,26,27,31,32,34,35)/p+1/b28-15-/t16-,21-/m1/s1. The van der Waals surface area contributed by atoms with E-state index < -0.39 is 35.1 Å². The molecule has 198 valence electrons. The third-order valence-electron chi connectivity index (χ3n) is 6.61. The van der Waals surface area contributed by atoms with Gasteiger partial charge in [-0.15, -0.1) is 23.1 Å². The van der Waals surface area contributed by atoms with Gasteiger partial charge in [0, 0.05) is 34.8 Å². The maximum atomic E-state index is 13.1. The molecule has 4 heterocycles. The van der Waals surface area contributed by atoms with Gasteiger partial charge in [0.15, 0.2) is 29.3 Å². The van der Waals surface area contributed by atoms with Crippen LogP contribution in [-0.2, 0) is 38.6 Å². The number of oxime groups is 1. The maximum Gasteiger partial charge on any atom is 0.352 e. The molecule has 5 rings (SSSR count). The SMILES string of the molecule is CO/N=C(\C(=O)N[C@@H]1C(=O)N2C(C(=O)O)=C(C[n+]3ccc(C(N)=O)c4c3CCC4)CS[C@H]12)c1csc(N)n1. The number of aliphatic carboxylic acids is 1. The van der Waals surface area contributed by atoms with E-state index in [0.717, 1.165) is 41.9 Å². The smallest absolute Gasteiger partial charge is 0.352 e. The van der Waals surface area contributed by atoms with Crippen molar-refractivity contribution in [3.63, 3.8) is 0 Å². The Balaban J connectivity index is 1.38. The van der Waals surface area contributed by atoms with Crippen LogP contribution in [0.25, 0.3) is 0 Å². The highest BCUT2D eigenvalue weighted by Crippen LogP contribution is 2.40. The fraction of sp³-hybridized carbons (Fsp3) is 0.348. The number of rotatable bonds is 8. The summed E-state index contributed by atoms with van der Waals surface area (Å²) < 4.78 is 1.92. The van der Waals surface area contributed by atoms with Crippen molar-refractivity contribution in [3.05, 3.63) is 51.4 Å². The zero-order valence-corrected chi connectivity index (χ0v) is 21.8. The number of hydrogen-bond acceptors (Lipinski definition) is 10. The molecule has 0 unspecified atom stereocenters. The van der Waals surface area contributed by atoms with Crippen LogP contribution in [0.15, 0.2) is 34.1 Å². The summed E-state index contributed by atoms with van der Waals surface area (Å²) in [5.41, 5.74) is 14.0. The second-order valence-electron chi connectivity index (χ2n) is 8.81. The zero-order chi connectivity index (χ0) is 27.1. The molecule has 2 aromatic rings. The molecule has 0 bridgehead atoms. The monoisotopic (exact) mass is 558 g/mol. The van der Waals surface area contributed by atoms with Crippen LogP contribution in [0.2, 0.25) is 0 Å². The molecule has 0 radical (unpaired) electrons. The lowest BCUT2D eigenvalue weighted by Gasteiger charge is -2.49. The Morgan fingerprint density at radius 3 is 2.82 bits per heavy atom. The van der Waals surface area contributed by atoms with E-state index in [1.807, 2.05) is 4.57 Å². The van der Waals surface area contributed by atoms with Crippen LogP contribution in [0, 0.1) is 0 Å². The maximum absolute atomic E-state index is 13.1. The third kappa shape index (κ3) is 4.36. The molecule has 2 aromatic heterocycles. The fourth-order valence-electron chi connectivity index (χ4n) is 4.98. The van der Waals surface area contributed by atoms with Crippen molar-refractivity contribution in [1.29, 1.82) is 0 Å². The van der Waals surface area contributed by atoms with Crippen molar-refractivity contribution < 1.29 is 33.7 Å². The molecular formula is C23H24N7O6S2+. The summed E-state index contributed by atoms with van der Waals surface area (Å²) in [5.74, 6) is -2.62. The summed E-state index contributed by atoms with van der Waals surface area (Å²) in [6.45, 7) is 0.249. The van der Waals surface area contributed by atoms with Gasteiger partial charge in [-0.2, -0.15) is 4.57 Å². The number of nitrogens with one attached hydrogen (secondary N) is 1. The van der Waals surface area contributed by atoms with Crippen molar-refractivity contribution in [2.24, 2.45) is 10.9 Å². The first kappa shape index (κ1) is 25.7. The normalized spacial score (nSPS) is 20.5. The van der Waals surface area contributed by atoms with Gasteiger partial charge in [-0.3, -0.25) is 19.3 Å². The number of thioether (sulfide) groups is 1. The van der Waals surface area contributed by atoms with Crippen LogP contribution in [-0.4, -0.2) is 68.7 Å². The Morgan fingerprint density at radius 1 is 1.37 bits per heavy atom. The Morgan fingerprint density at radius 2 is 2.16 bits per heavy atom. The molecule has 0 saturated carbocycles. The van der Waals surface area contributed by atoms with Crippen LogP contribution in [0.1, 0.15) is 33.7 Å². The van der Waals surface area contributed by atoms with Crippen molar-refractivity contribution in [1.82, 2.24) is 15.2 Å². The number of primary amides is 1. The summed E-state index contributed by atoms with van der Waals surface area (Å²) in [4.78, 5) is 60.2. The van der Waals surface area contributed by atoms with E-state index in [1.165, 1.54) is 23.8 Å². The van der Waals surface area contributed by atoms with Crippen LogP contribution in [0.5, 0.6) is 0 Å². The highest BCUT2D eigenvalue weighted by atomic mass is 32.2. The minimum absolute atomic E-state index is 0.0967. The minimum atomic E-state index is -1.23. The number of nitrogens with zero attached hydrogens (tertiary/aromatic N) is 4. The number of carboxylic acids is 1. The lowest BCUT2D eigenvalue weighted by molar-refractivity contribution is -0.696. The quantitative estimate of drug-likeness (QED) is 0.141. The van der Waals surface area contributed by atoms with Gasteiger partial charge in [0.25, 0.3) is 11.8 Å². The average molecular weight is 559 g/mol. The number of carbonyl (C=O) groups excluding carboxylic acids is 3. The summed E-state index contributed by atoms with van der Waals surface area (Å²) in [5, 5.41) is 17.6. The van der Waals surface area contributed by atoms with Gasteiger partial charge in [-0.25, -0.2) is 9.78 Å². The van der Waals surface area contributed by atoms with E-state index in [2.05, 4.69) is 15.5 Å². The Kier molecular flexibility index (Phi) is 6.79. The molecule has 38 heavy (non-hydrogen) atoms. The van der Waals surface area contributed by atoms with Crippen molar-refractivity contribution >= 4 is 57.6 Å². The number of nitrogens with two attached hydrogens (primary N) is 2. The van der Waals surface area contributed by atoms with Gasteiger partial charge in [-0.05, 0) is 12.8 Å². The zero-order valence-electron chi connectivity index (χ0n) is 20.2. The topological polar surface area (TPSA) is 194 Å². The summed E-state index contributed by atoms with van der Waals surface area (Å²) in [6, 6.07) is 0.704. The molecule has 1 saturated heterocycles. The molecule has 3 aliphatic rings. The van der Waals surface area contributed by atoms with Crippen LogP contribution in [0.4, 0.5) is 5.13 Å². The van der Waals surface area contributed by atoms with Gasteiger partial charge in [0.1, 0.15) is 29.9 Å². The van der Waals surface area contributed by atoms with E-state index in [9.17, 15) is 24.3 Å². The molecule has 15 heteroatoms. The lowest BCUT2D eigenvalue weighted by atomic mass is 10.0. The van der Waals surface area contributed by atoms with E-state index in [4.69, 9.17) is 16.3 Å². The van der Waals surface area contributed by atoms with E-state index >= 15 is 0 Å². The number of carboxylic acid groups (broad SMARTS) is 1. The van der Waals surface area contributed by atoms with Crippen LogP contribution >= 0.6 is 23.1 Å². The van der Waals surface area contributed by atoms with E-state index in [0.29, 0.717) is 16.9 Å². The molecule has 3 amide bonds.